The number of nitrogens with one attached hydrogen (secondary N) is 1. The van der Waals surface area contributed by atoms with Gasteiger partial charge in [0.15, 0.2) is 0 Å². The van der Waals surface area contributed by atoms with Crippen molar-refractivity contribution < 1.29 is 0 Å². The smallest absolute Gasteiger partial charge is 0.0307 e. The van der Waals surface area contributed by atoms with Gasteiger partial charge in [0.05, 0.1) is 0 Å². The van der Waals surface area contributed by atoms with E-state index < -0.39 is 0 Å². The second kappa shape index (κ2) is 4.52. The van der Waals surface area contributed by atoms with E-state index in [4.69, 9.17) is 0 Å². The largest absolute Gasteiger partial charge is 0.310 e. The Kier molecular flexibility index (Phi) is 3.06. The summed E-state index contributed by atoms with van der Waals surface area (Å²) in [5.74, 6) is 3.21. The van der Waals surface area contributed by atoms with Gasteiger partial charge in [0.1, 0.15) is 0 Å². The van der Waals surface area contributed by atoms with Crippen molar-refractivity contribution >= 4 is 0 Å². The van der Waals surface area contributed by atoms with Gasteiger partial charge in [0.25, 0.3) is 0 Å². The lowest BCUT2D eigenvalue weighted by atomic mass is 9.84. The summed E-state index contributed by atoms with van der Waals surface area (Å²) in [7, 11) is 0. The molecule has 2 fully saturated rings. The summed E-state index contributed by atoms with van der Waals surface area (Å²) >= 11 is 0. The van der Waals surface area contributed by atoms with E-state index in [0.29, 0.717) is 0 Å². The third-order valence-corrected chi connectivity index (χ3v) is 4.90. The van der Waals surface area contributed by atoms with Crippen LogP contribution in [-0.4, -0.2) is 12.6 Å². The molecule has 0 spiro atoms. The SMILES string of the molecule is CCNC(C1=CCCCC1)C1CC2CC2C1. The minimum Gasteiger partial charge on any atom is -0.310 e. The van der Waals surface area contributed by atoms with Crippen molar-refractivity contribution in [2.75, 3.05) is 6.54 Å². The molecule has 0 aromatic carbocycles. The van der Waals surface area contributed by atoms with Crippen molar-refractivity contribution in [3.63, 3.8) is 0 Å². The Morgan fingerprint density at radius 2 is 2.06 bits per heavy atom. The summed E-state index contributed by atoms with van der Waals surface area (Å²) in [4.78, 5) is 0. The number of fused-ring (bicyclic) bond motifs is 1. The van der Waals surface area contributed by atoms with Crippen molar-refractivity contribution in [2.45, 2.75) is 57.9 Å². The Morgan fingerprint density at radius 1 is 1.25 bits per heavy atom. The van der Waals surface area contributed by atoms with Gasteiger partial charge >= 0.3 is 0 Å². The second-order valence-electron chi connectivity index (χ2n) is 6.05. The molecule has 3 rings (SSSR count). The fourth-order valence-corrected chi connectivity index (χ4v) is 4.00. The molecule has 2 saturated carbocycles. The van der Waals surface area contributed by atoms with Crippen molar-refractivity contribution in [3.8, 4) is 0 Å². The van der Waals surface area contributed by atoms with Gasteiger partial charge in [-0.15, -0.1) is 0 Å². The number of rotatable bonds is 4. The third-order valence-electron chi connectivity index (χ3n) is 4.90. The number of likely N-dealkylation sites (N-methyl/N-ethyl adjacent to an activating group) is 1. The van der Waals surface area contributed by atoms with E-state index in [0.717, 1.165) is 30.3 Å². The van der Waals surface area contributed by atoms with Crippen molar-refractivity contribution in [2.24, 2.45) is 17.8 Å². The lowest BCUT2D eigenvalue weighted by Crippen LogP contribution is -2.37. The van der Waals surface area contributed by atoms with Crippen LogP contribution in [0.4, 0.5) is 0 Å². The van der Waals surface area contributed by atoms with E-state index in [1.54, 1.807) is 12.0 Å². The topological polar surface area (TPSA) is 12.0 Å². The molecule has 3 unspecified atom stereocenters. The zero-order valence-electron chi connectivity index (χ0n) is 10.5. The quantitative estimate of drug-likeness (QED) is 0.713. The number of allylic oxidation sites excluding steroid dienone is 1. The Hall–Kier alpha value is -0.300. The maximum Gasteiger partial charge on any atom is 0.0307 e. The van der Waals surface area contributed by atoms with Crippen LogP contribution in [0.25, 0.3) is 0 Å². The van der Waals surface area contributed by atoms with Crippen LogP contribution in [0.1, 0.15) is 51.9 Å². The van der Waals surface area contributed by atoms with Crippen LogP contribution in [0.5, 0.6) is 0 Å². The van der Waals surface area contributed by atoms with Crippen LogP contribution >= 0.6 is 0 Å². The predicted molar refractivity (Wildman–Crippen MR) is 68.3 cm³/mol. The van der Waals surface area contributed by atoms with Crippen LogP contribution in [0.15, 0.2) is 11.6 Å². The van der Waals surface area contributed by atoms with Crippen LogP contribution < -0.4 is 5.32 Å². The highest BCUT2D eigenvalue weighted by atomic mass is 14.9. The van der Waals surface area contributed by atoms with Crippen LogP contribution in [-0.2, 0) is 0 Å². The highest BCUT2D eigenvalue weighted by Crippen LogP contribution is 2.55. The molecule has 0 heterocycles. The van der Waals surface area contributed by atoms with Crippen LogP contribution in [0.2, 0.25) is 0 Å². The van der Waals surface area contributed by atoms with Crippen LogP contribution in [0, 0.1) is 17.8 Å². The highest BCUT2D eigenvalue weighted by Gasteiger charge is 2.48. The maximum absolute atomic E-state index is 3.77. The zero-order valence-corrected chi connectivity index (χ0v) is 10.5. The molecule has 0 aromatic rings. The fourth-order valence-electron chi connectivity index (χ4n) is 4.00. The van der Waals surface area contributed by atoms with Crippen molar-refractivity contribution in [3.05, 3.63) is 11.6 Å². The van der Waals surface area contributed by atoms with E-state index in [-0.39, 0.29) is 0 Å². The van der Waals surface area contributed by atoms with Gasteiger partial charge in [-0.3, -0.25) is 0 Å². The molecule has 0 bridgehead atoms. The fraction of sp³-hybridized carbons (Fsp3) is 0.867. The third kappa shape index (κ3) is 2.07. The van der Waals surface area contributed by atoms with E-state index >= 15 is 0 Å². The number of hydrogen-bond donors (Lipinski definition) is 1. The van der Waals surface area contributed by atoms with E-state index in [2.05, 4.69) is 18.3 Å². The summed E-state index contributed by atoms with van der Waals surface area (Å²) < 4.78 is 0. The molecule has 3 aliphatic carbocycles. The first-order chi connectivity index (χ1) is 7.88. The monoisotopic (exact) mass is 219 g/mol. The van der Waals surface area contributed by atoms with Gasteiger partial charge in [-0.1, -0.05) is 18.6 Å². The summed E-state index contributed by atoms with van der Waals surface area (Å²) in [6.45, 7) is 3.39. The normalized spacial score (nSPS) is 39.1. The molecular formula is C15H25N. The standard InChI is InChI=1S/C15H25N/c1-2-16-15(11-6-4-3-5-7-11)14-9-12-8-13(12)10-14/h6,12-16H,2-5,7-10H2,1H3. The molecule has 0 radical (unpaired) electrons. The highest BCUT2D eigenvalue weighted by molar-refractivity contribution is 5.17. The van der Waals surface area contributed by atoms with Gasteiger partial charge in [0, 0.05) is 6.04 Å². The average Bonchev–Trinajstić information content (AvgIpc) is 2.94. The minimum atomic E-state index is 0.734. The first-order valence-electron chi connectivity index (χ1n) is 7.30. The molecule has 3 atom stereocenters. The summed E-state index contributed by atoms with van der Waals surface area (Å²) in [5, 5.41) is 3.77. The molecule has 3 aliphatic rings. The molecule has 16 heavy (non-hydrogen) atoms. The van der Waals surface area contributed by atoms with Gasteiger partial charge in [-0.25, -0.2) is 0 Å². The number of hydrogen-bond acceptors (Lipinski definition) is 1. The Labute approximate surface area is 99.7 Å². The van der Waals surface area contributed by atoms with Gasteiger partial charge in [0.2, 0.25) is 0 Å². The first-order valence-corrected chi connectivity index (χ1v) is 7.30. The first kappa shape index (κ1) is 10.8. The average molecular weight is 219 g/mol. The molecule has 1 N–H and O–H groups in total. The molecule has 90 valence electrons. The summed E-state index contributed by atoms with van der Waals surface area (Å²) in [6.07, 6.45) is 12.7. The molecule has 1 nitrogen and oxygen atoms in total. The lowest BCUT2D eigenvalue weighted by Gasteiger charge is -2.30. The van der Waals surface area contributed by atoms with Crippen LogP contribution in [0.3, 0.4) is 0 Å². The predicted octanol–water partition coefficient (Wildman–Crippen LogP) is 3.51. The Morgan fingerprint density at radius 3 is 2.69 bits per heavy atom. The van der Waals surface area contributed by atoms with E-state index in [1.165, 1.54) is 38.5 Å². The van der Waals surface area contributed by atoms with Crippen molar-refractivity contribution in [1.82, 2.24) is 5.32 Å². The van der Waals surface area contributed by atoms with E-state index in [9.17, 15) is 0 Å². The summed E-state index contributed by atoms with van der Waals surface area (Å²) in [6, 6.07) is 0.734. The minimum absolute atomic E-state index is 0.734. The Bertz CT molecular complexity index is 271. The molecule has 0 amide bonds. The molecule has 0 aromatic heterocycles. The van der Waals surface area contributed by atoms with Crippen molar-refractivity contribution in [1.29, 1.82) is 0 Å². The van der Waals surface area contributed by atoms with Gasteiger partial charge < -0.3 is 5.32 Å². The van der Waals surface area contributed by atoms with Gasteiger partial charge in [-0.2, -0.15) is 0 Å². The lowest BCUT2D eigenvalue weighted by molar-refractivity contribution is 0.363. The van der Waals surface area contributed by atoms with Gasteiger partial charge in [-0.05, 0) is 69.2 Å². The Balaban J connectivity index is 1.67. The maximum atomic E-state index is 3.77. The zero-order chi connectivity index (χ0) is 11.0. The molecule has 0 saturated heterocycles. The molecule has 0 aliphatic heterocycles. The summed E-state index contributed by atoms with van der Waals surface area (Å²) in [5.41, 5.74) is 1.75. The van der Waals surface area contributed by atoms with E-state index in [1.807, 2.05) is 0 Å². The molecule has 1 heteroatoms. The molecular weight excluding hydrogens is 194 g/mol. The second-order valence-corrected chi connectivity index (χ2v) is 6.05.